The second-order valence-electron chi connectivity index (χ2n) is 10.6. The van der Waals surface area contributed by atoms with Crippen molar-refractivity contribution < 1.29 is 23.4 Å². The molecule has 3 aromatic rings. The number of halogens is 2. The minimum Gasteiger partial charge on any atom is -0.505 e. The molecule has 1 fully saturated rings. The largest absolute Gasteiger partial charge is 0.505 e. The number of anilines is 1. The number of esters is 1. The number of aryl methyl sites for hydroxylation is 3. The van der Waals surface area contributed by atoms with Gasteiger partial charge >= 0.3 is 5.97 Å². The third kappa shape index (κ3) is 5.87. The third-order valence-electron chi connectivity index (χ3n) is 7.76. The lowest BCUT2D eigenvalue weighted by atomic mass is 9.77. The van der Waals surface area contributed by atoms with E-state index in [0.717, 1.165) is 37.3 Å². The highest BCUT2D eigenvalue weighted by atomic mass is 19.3. The summed E-state index contributed by atoms with van der Waals surface area (Å²) in [6.45, 7) is 8.28. The molecule has 3 unspecified atom stereocenters. The first-order valence-corrected chi connectivity index (χ1v) is 13.4. The molecule has 0 amide bonds. The molecule has 9 heteroatoms. The second-order valence-corrected chi connectivity index (χ2v) is 10.6. The number of alkyl halides is 2. The van der Waals surface area contributed by atoms with E-state index in [0.29, 0.717) is 30.0 Å². The number of benzene rings is 2. The number of rotatable bonds is 8. The average molecular weight is 542 g/mol. The van der Waals surface area contributed by atoms with Crippen molar-refractivity contribution in [3.63, 3.8) is 0 Å². The van der Waals surface area contributed by atoms with Crippen LogP contribution in [0.5, 0.6) is 5.75 Å². The maximum Gasteiger partial charge on any atom is 0.308 e. The van der Waals surface area contributed by atoms with Crippen LogP contribution in [0.3, 0.4) is 0 Å². The molecule has 7 nitrogen and oxygen atoms in total. The molecule has 3 N–H and O–H groups in total. The van der Waals surface area contributed by atoms with Gasteiger partial charge in [-0.3, -0.25) is 14.7 Å². The fourth-order valence-corrected chi connectivity index (χ4v) is 5.51. The number of aromatic hydroxyl groups is 1. The first kappa shape index (κ1) is 28.4. The monoisotopic (exact) mass is 541 g/mol. The Kier molecular flexibility index (Phi) is 8.18. The summed E-state index contributed by atoms with van der Waals surface area (Å²) in [7, 11) is 0. The highest BCUT2D eigenvalue weighted by Gasteiger charge is 2.40. The topological polar surface area (TPSA) is 96.4 Å². The van der Waals surface area contributed by atoms with Gasteiger partial charge in [0.1, 0.15) is 11.8 Å². The van der Waals surface area contributed by atoms with Crippen LogP contribution >= 0.6 is 0 Å². The van der Waals surface area contributed by atoms with Gasteiger partial charge in [0.25, 0.3) is 11.5 Å². The quantitative estimate of drug-likeness (QED) is 0.225. The van der Waals surface area contributed by atoms with E-state index in [1.807, 2.05) is 26.0 Å². The van der Waals surface area contributed by atoms with E-state index in [2.05, 4.69) is 10.4 Å². The summed E-state index contributed by atoms with van der Waals surface area (Å²) in [5.41, 5.74) is 2.88. The number of nitrogens with zero attached hydrogens (tertiary/aromatic N) is 1. The van der Waals surface area contributed by atoms with Crippen LogP contribution in [0.15, 0.2) is 41.2 Å². The molecule has 3 atom stereocenters. The molecule has 1 heterocycles. The Morgan fingerprint density at radius 3 is 2.62 bits per heavy atom. The maximum atomic E-state index is 15.1. The molecule has 1 saturated carbocycles. The van der Waals surface area contributed by atoms with Crippen molar-refractivity contribution in [2.24, 2.45) is 5.92 Å². The number of nitrogens with one attached hydrogen (secondary N) is 2. The summed E-state index contributed by atoms with van der Waals surface area (Å²) in [6.07, 6.45) is 2.79. The molecule has 1 aromatic heterocycles. The number of H-pyrrole nitrogens is 1. The van der Waals surface area contributed by atoms with Crippen molar-refractivity contribution in [3.8, 4) is 11.4 Å². The molecule has 0 aliphatic heterocycles. The lowest BCUT2D eigenvalue weighted by molar-refractivity contribution is -0.149. The van der Waals surface area contributed by atoms with Gasteiger partial charge in [0.05, 0.1) is 29.5 Å². The summed E-state index contributed by atoms with van der Waals surface area (Å²) >= 11 is 0. The van der Waals surface area contributed by atoms with E-state index in [1.54, 1.807) is 32.0 Å². The van der Waals surface area contributed by atoms with E-state index in [1.165, 1.54) is 10.7 Å². The summed E-state index contributed by atoms with van der Waals surface area (Å²) in [5, 5.41) is 16.9. The number of hydrogen-bond donors (Lipinski definition) is 3. The van der Waals surface area contributed by atoms with Crippen LogP contribution in [0.2, 0.25) is 0 Å². The standard InChI is InChI=1S/C30H37F2N3O4/c1-6-39-29(38)21-10-7-9-20(16-21)23-11-8-12-24(26(23)36)33-27(30(5,31)32)25-19(4)34-35(28(25)37)22-14-13-17(2)18(3)15-22/h8,11-15,20-21,27,33-34,36H,6-7,9-10,16H2,1-5H3. The number of phenols is 1. The van der Waals surface area contributed by atoms with Crippen LogP contribution in [0.4, 0.5) is 14.5 Å². The van der Waals surface area contributed by atoms with Crippen molar-refractivity contribution in [1.29, 1.82) is 0 Å². The van der Waals surface area contributed by atoms with Crippen LogP contribution in [-0.4, -0.2) is 33.4 Å². The van der Waals surface area contributed by atoms with Gasteiger partial charge in [-0.2, -0.15) is 0 Å². The SMILES string of the molecule is CCOC(=O)C1CCCC(c2cccc(NC(c3c(C)[nH]n(-c4ccc(C)c(C)c4)c3=O)C(C)(F)F)c2O)C1. The molecule has 0 spiro atoms. The zero-order chi connectivity index (χ0) is 28.5. The summed E-state index contributed by atoms with van der Waals surface area (Å²) < 4.78 is 36.6. The highest BCUT2D eigenvalue weighted by Crippen LogP contribution is 2.44. The minimum atomic E-state index is -3.34. The molecule has 0 bridgehead atoms. The van der Waals surface area contributed by atoms with Gasteiger partial charge in [0.2, 0.25) is 0 Å². The Hall–Kier alpha value is -3.62. The fourth-order valence-electron chi connectivity index (χ4n) is 5.51. The average Bonchev–Trinajstić information content (AvgIpc) is 3.18. The van der Waals surface area contributed by atoms with Gasteiger partial charge in [0.15, 0.2) is 0 Å². The maximum absolute atomic E-state index is 15.1. The van der Waals surface area contributed by atoms with Crippen LogP contribution in [0, 0.1) is 26.7 Å². The van der Waals surface area contributed by atoms with Crippen molar-refractivity contribution >= 4 is 11.7 Å². The van der Waals surface area contributed by atoms with Gasteiger partial charge in [-0.15, -0.1) is 0 Å². The van der Waals surface area contributed by atoms with Crippen molar-refractivity contribution in [2.45, 2.75) is 78.2 Å². The Balaban J connectivity index is 1.68. The predicted molar refractivity (Wildman–Crippen MR) is 147 cm³/mol. The molecule has 4 rings (SSSR count). The van der Waals surface area contributed by atoms with E-state index < -0.39 is 17.5 Å². The Morgan fingerprint density at radius 1 is 1.21 bits per heavy atom. The summed E-state index contributed by atoms with van der Waals surface area (Å²) in [4.78, 5) is 25.8. The zero-order valence-corrected chi connectivity index (χ0v) is 23.1. The molecular weight excluding hydrogens is 504 g/mol. The van der Waals surface area contributed by atoms with Crippen molar-refractivity contribution in [3.05, 3.63) is 74.7 Å². The van der Waals surface area contributed by atoms with E-state index in [-0.39, 0.29) is 34.8 Å². The number of aromatic amines is 1. The number of hydrogen-bond acceptors (Lipinski definition) is 5. The first-order chi connectivity index (χ1) is 18.4. The number of carbonyl (C=O) groups excluding carboxylic acids is 1. The Bertz CT molecular complexity index is 1410. The molecule has 1 aliphatic rings. The minimum absolute atomic E-state index is 0.106. The van der Waals surface area contributed by atoms with Crippen molar-refractivity contribution in [1.82, 2.24) is 9.78 Å². The Labute approximate surface area is 227 Å². The van der Waals surface area contributed by atoms with Gasteiger partial charge in [-0.1, -0.05) is 24.6 Å². The molecule has 0 saturated heterocycles. The summed E-state index contributed by atoms with van der Waals surface area (Å²) in [5.74, 6) is -4.12. The van der Waals surface area contributed by atoms with E-state index in [4.69, 9.17) is 4.74 Å². The molecule has 39 heavy (non-hydrogen) atoms. The lowest BCUT2D eigenvalue weighted by Crippen LogP contribution is -2.34. The van der Waals surface area contributed by atoms with Crippen LogP contribution < -0.4 is 10.9 Å². The number of para-hydroxylation sites is 1. The zero-order valence-electron chi connectivity index (χ0n) is 23.1. The molecular formula is C30H37F2N3O4. The van der Waals surface area contributed by atoms with Crippen LogP contribution in [0.25, 0.3) is 5.69 Å². The van der Waals surface area contributed by atoms with Crippen LogP contribution in [0.1, 0.15) is 79.4 Å². The fraction of sp³-hybridized carbons (Fsp3) is 0.467. The van der Waals surface area contributed by atoms with Gasteiger partial charge in [-0.05, 0) is 87.8 Å². The number of phenolic OH excluding ortho intramolecular Hbond substituents is 1. The number of aromatic nitrogens is 2. The summed E-state index contributed by atoms with van der Waals surface area (Å²) in [6, 6.07) is 8.73. The smallest absolute Gasteiger partial charge is 0.308 e. The predicted octanol–water partition coefficient (Wildman–Crippen LogP) is 6.44. The molecule has 1 aliphatic carbocycles. The first-order valence-electron chi connectivity index (χ1n) is 13.4. The third-order valence-corrected chi connectivity index (χ3v) is 7.76. The number of ether oxygens (including phenoxy) is 1. The molecule has 2 aromatic carbocycles. The van der Waals surface area contributed by atoms with Gasteiger partial charge < -0.3 is 15.2 Å². The van der Waals surface area contributed by atoms with Crippen LogP contribution in [-0.2, 0) is 9.53 Å². The van der Waals surface area contributed by atoms with Crippen molar-refractivity contribution in [2.75, 3.05) is 11.9 Å². The lowest BCUT2D eigenvalue weighted by Gasteiger charge is -2.30. The second kappa shape index (κ2) is 11.2. The normalized spacial score (nSPS) is 18.5. The van der Waals surface area contributed by atoms with E-state index in [9.17, 15) is 14.7 Å². The highest BCUT2D eigenvalue weighted by molar-refractivity contribution is 5.73. The van der Waals surface area contributed by atoms with Gasteiger partial charge in [-0.25, -0.2) is 13.5 Å². The Morgan fingerprint density at radius 2 is 1.95 bits per heavy atom. The van der Waals surface area contributed by atoms with E-state index >= 15 is 8.78 Å². The number of carbonyl (C=O) groups is 1. The molecule has 210 valence electrons. The van der Waals surface area contributed by atoms with Gasteiger partial charge in [0, 0.05) is 12.6 Å². The molecule has 0 radical (unpaired) electrons.